The monoisotopic (exact) mass is 254 g/mol. The molecule has 0 saturated carbocycles. The molecule has 0 aliphatic rings. The van der Waals surface area contributed by atoms with E-state index in [9.17, 15) is 9.59 Å². The Morgan fingerprint density at radius 1 is 1.22 bits per heavy atom. The Kier molecular flexibility index (Phi) is 7.11. The molecule has 4 heteroatoms. The van der Waals surface area contributed by atoms with Gasteiger partial charge in [-0.3, -0.25) is 9.59 Å². The number of terminal acetylenes is 1. The summed E-state index contributed by atoms with van der Waals surface area (Å²) in [5, 5.41) is 0. The number of ether oxygens (including phenoxy) is 2. The zero-order valence-electron chi connectivity index (χ0n) is 11.6. The quantitative estimate of drug-likeness (QED) is 0.539. The van der Waals surface area contributed by atoms with Crippen LogP contribution < -0.4 is 0 Å². The maximum Gasteiger partial charge on any atom is 0.307 e. The summed E-state index contributed by atoms with van der Waals surface area (Å²) in [4.78, 5) is 22.6. The van der Waals surface area contributed by atoms with E-state index in [1.807, 2.05) is 20.8 Å². The SMILES string of the molecule is C#CC(C)OC(=O)CCCC(=O)OCC(C)(C)C. The van der Waals surface area contributed by atoms with Gasteiger partial charge in [-0.1, -0.05) is 26.7 Å². The molecule has 0 saturated heterocycles. The summed E-state index contributed by atoms with van der Waals surface area (Å²) < 4.78 is 9.94. The van der Waals surface area contributed by atoms with Crippen LogP contribution in [0.2, 0.25) is 0 Å². The van der Waals surface area contributed by atoms with Crippen molar-refractivity contribution < 1.29 is 19.1 Å². The molecule has 0 aromatic heterocycles. The lowest BCUT2D eigenvalue weighted by molar-refractivity contribution is -0.148. The number of hydrogen-bond donors (Lipinski definition) is 0. The van der Waals surface area contributed by atoms with Crippen LogP contribution in [0.3, 0.4) is 0 Å². The van der Waals surface area contributed by atoms with Crippen molar-refractivity contribution in [1.29, 1.82) is 0 Å². The maximum atomic E-state index is 11.3. The topological polar surface area (TPSA) is 52.6 Å². The van der Waals surface area contributed by atoms with Crippen molar-refractivity contribution in [2.24, 2.45) is 5.41 Å². The zero-order chi connectivity index (χ0) is 14.2. The highest BCUT2D eigenvalue weighted by atomic mass is 16.5. The van der Waals surface area contributed by atoms with Crippen LogP contribution in [0.25, 0.3) is 0 Å². The van der Waals surface area contributed by atoms with Gasteiger partial charge < -0.3 is 9.47 Å². The van der Waals surface area contributed by atoms with E-state index in [-0.39, 0.29) is 30.2 Å². The van der Waals surface area contributed by atoms with Crippen LogP contribution in [0.5, 0.6) is 0 Å². The van der Waals surface area contributed by atoms with Crippen LogP contribution in [0.1, 0.15) is 47.0 Å². The van der Waals surface area contributed by atoms with Gasteiger partial charge in [-0.25, -0.2) is 0 Å². The van der Waals surface area contributed by atoms with Crippen molar-refractivity contribution in [3.63, 3.8) is 0 Å². The second kappa shape index (κ2) is 7.75. The minimum Gasteiger partial charge on any atom is -0.465 e. The Labute approximate surface area is 109 Å². The minimum absolute atomic E-state index is 0.0448. The Bertz CT molecular complexity index is 320. The molecular weight excluding hydrogens is 232 g/mol. The van der Waals surface area contributed by atoms with Crippen molar-refractivity contribution >= 4 is 11.9 Å². The number of esters is 2. The number of carbonyl (C=O) groups excluding carboxylic acids is 2. The molecule has 0 spiro atoms. The standard InChI is InChI=1S/C14H22O4/c1-6-11(2)18-13(16)9-7-8-12(15)17-10-14(3,4)5/h1,11H,7-10H2,2-5H3. The average molecular weight is 254 g/mol. The molecule has 0 rings (SSSR count). The zero-order valence-corrected chi connectivity index (χ0v) is 11.6. The van der Waals surface area contributed by atoms with Gasteiger partial charge in [-0.15, -0.1) is 6.42 Å². The molecule has 4 nitrogen and oxygen atoms in total. The minimum atomic E-state index is -0.523. The third-order valence-corrected chi connectivity index (χ3v) is 1.97. The van der Waals surface area contributed by atoms with E-state index in [2.05, 4.69) is 5.92 Å². The molecule has 102 valence electrons. The Balaban J connectivity index is 3.69. The smallest absolute Gasteiger partial charge is 0.307 e. The summed E-state index contributed by atoms with van der Waals surface area (Å²) in [6, 6.07) is 0. The first-order valence-electron chi connectivity index (χ1n) is 6.06. The summed E-state index contributed by atoms with van der Waals surface area (Å²) in [6.07, 6.45) is 5.36. The molecule has 1 atom stereocenters. The van der Waals surface area contributed by atoms with Crippen molar-refractivity contribution in [3.8, 4) is 12.3 Å². The van der Waals surface area contributed by atoms with Gasteiger partial charge >= 0.3 is 11.9 Å². The predicted molar refractivity (Wildman–Crippen MR) is 68.7 cm³/mol. The van der Waals surface area contributed by atoms with E-state index < -0.39 is 6.10 Å². The Morgan fingerprint density at radius 3 is 2.28 bits per heavy atom. The second-order valence-corrected chi connectivity index (χ2v) is 5.37. The summed E-state index contributed by atoms with van der Waals surface area (Å²) in [7, 11) is 0. The van der Waals surface area contributed by atoms with Crippen LogP contribution in [-0.2, 0) is 19.1 Å². The van der Waals surface area contributed by atoms with Gasteiger partial charge in [0.1, 0.15) is 0 Å². The lowest BCUT2D eigenvalue weighted by Gasteiger charge is -2.17. The van der Waals surface area contributed by atoms with Gasteiger partial charge in [0.05, 0.1) is 6.61 Å². The third-order valence-electron chi connectivity index (χ3n) is 1.97. The molecule has 1 unspecified atom stereocenters. The van der Waals surface area contributed by atoms with Crippen LogP contribution >= 0.6 is 0 Å². The molecule has 0 radical (unpaired) electrons. The first-order chi connectivity index (χ1) is 8.24. The lowest BCUT2D eigenvalue weighted by atomic mass is 9.99. The summed E-state index contributed by atoms with van der Waals surface area (Å²) in [5.41, 5.74) is -0.0448. The molecule has 0 amide bonds. The number of rotatable bonds is 6. The van der Waals surface area contributed by atoms with Gasteiger partial charge in [0, 0.05) is 12.8 Å². The number of hydrogen-bond acceptors (Lipinski definition) is 4. The molecule has 0 aliphatic carbocycles. The molecule has 0 N–H and O–H groups in total. The molecule has 0 aliphatic heterocycles. The van der Waals surface area contributed by atoms with E-state index in [0.717, 1.165) is 0 Å². The van der Waals surface area contributed by atoms with Crippen LogP contribution in [-0.4, -0.2) is 24.6 Å². The highest BCUT2D eigenvalue weighted by Gasteiger charge is 2.14. The highest BCUT2D eigenvalue weighted by molar-refractivity contribution is 5.72. The van der Waals surface area contributed by atoms with E-state index in [1.54, 1.807) is 6.92 Å². The van der Waals surface area contributed by atoms with Gasteiger partial charge in [0.25, 0.3) is 0 Å². The van der Waals surface area contributed by atoms with E-state index in [1.165, 1.54) is 0 Å². The van der Waals surface area contributed by atoms with E-state index in [4.69, 9.17) is 15.9 Å². The van der Waals surface area contributed by atoms with Crippen LogP contribution in [0, 0.1) is 17.8 Å². The molecule has 0 fully saturated rings. The molecule has 0 bridgehead atoms. The molecule has 0 aromatic rings. The molecule has 0 aromatic carbocycles. The van der Waals surface area contributed by atoms with Crippen molar-refractivity contribution in [1.82, 2.24) is 0 Å². The molecule has 18 heavy (non-hydrogen) atoms. The van der Waals surface area contributed by atoms with E-state index >= 15 is 0 Å². The molecular formula is C14H22O4. The van der Waals surface area contributed by atoms with E-state index in [0.29, 0.717) is 13.0 Å². The van der Waals surface area contributed by atoms with Crippen molar-refractivity contribution in [3.05, 3.63) is 0 Å². The van der Waals surface area contributed by atoms with Crippen LogP contribution in [0.15, 0.2) is 0 Å². The highest BCUT2D eigenvalue weighted by Crippen LogP contribution is 2.13. The van der Waals surface area contributed by atoms with Gasteiger partial charge in [-0.05, 0) is 18.8 Å². The first-order valence-corrected chi connectivity index (χ1v) is 6.06. The van der Waals surface area contributed by atoms with Crippen molar-refractivity contribution in [2.75, 3.05) is 6.61 Å². The van der Waals surface area contributed by atoms with Crippen molar-refractivity contribution in [2.45, 2.75) is 53.1 Å². The van der Waals surface area contributed by atoms with Gasteiger partial charge in [0.2, 0.25) is 0 Å². The number of carbonyl (C=O) groups is 2. The maximum absolute atomic E-state index is 11.3. The van der Waals surface area contributed by atoms with Gasteiger partial charge in [0.15, 0.2) is 6.10 Å². The summed E-state index contributed by atoms with van der Waals surface area (Å²) >= 11 is 0. The average Bonchev–Trinajstić information content (AvgIpc) is 2.25. The first kappa shape index (κ1) is 16.5. The predicted octanol–water partition coefficient (Wildman–Crippen LogP) is 2.31. The fourth-order valence-electron chi connectivity index (χ4n) is 1.04. The largest absolute Gasteiger partial charge is 0.465 e. The lowest BCUT2D eigenvalue weighted by Crippen LogP contribution is -2.18. The second-order valence-electron chi connectivity index (χ2n) is 5.37. The van der Waals surface area contributed by atoms with Gasteiger partial charge in [-0.2, -0.15) is 0 Å². The fourth-order valence-corrected chi connectivity index (χ4v) is 1.04. The molecule has 0 heterocycles. The summed E-state index contributed by atoms with van der Waals surface area (Å²) in [5.74, 6) is 1.62. The summed E-state index contributed by atoms with van der Waals surface area (Å²) in [6.45, 7) is 7.95. The normalized spacial score (nSPS) is 12.4. The third kappa shape index (κ3) is 9.71. The Hall–Kier alpha value is -1.50. The fraction of sp³-hybridized carbons (Fsp3) is 0.714. The van der Waals surface area contributed by atoms with Crippen LogP contribution in [0.4, 0.5) is 0 Å². The Morgan fingerprint density at radius 2 is 1.78 bits per heavy atom.